The molecule has 120 valence electrons. The molecule has 2 N–H and O–H groups in total. The van der Waals surface area contributed by atoms with Crippen molar-refractivity contribution in [3.05, 3.63) is 53.2 Å². The molecule has 6 heteroatoms. The minimum absolute atomic E-state index is 0.268. The number of anilines is 2. The summed E-state index contributed by atoms with van der Waals surface area (Å²) in [6.07, 6.45) is 4.27. The van der Waals surface area contributed by atoms with Crippen LogP contribution in [-0.4, -0.2) is 24.1 Å². The summed E-state index contributed by atoms with van der Waals surface area (Å²) in [5, 5.41) is 6.14. The number of rotatable bonds is 4. The van der Waals surface area contributed by atoms with Crippen LogP contribution < -0.4 is 15.5 Å². The van der Waals surface area contributed by atoms with Gasteiger partial charge in [0.2, 0.25) is 0 Å². The van der Waals surface area contributed by atoms with Crippen molar-refractivity contribution >= 4 is 29.1 Å². The zero-order valence-electron chi connectivity index (χ0n) is 12.8. The summed E-state index contributed by atoms with van der Waals surface area (Å²) >= 11 is 5.89. The molecule has 1 aliphatic rings. The zero-order chi connectivity index (χ0) is 16.1. The number of halogens is 1. The van der Waals surface area contributed by atoms with Gasteiger partial charge in [0.05, 0.1) is 0 Å². The van der Waals surface area contributed by atoms with Gasteiger partial charge in [0.15, 0.2) is 0 Å². The molecular weight excluding hydrogens is 312 g/mol. The zero-order valence-corrected chi connectivity index (χ0v) is 13.5. The Kier molecular flexibility index (Phi) is 4.98. The fourth-order valence-corrected chi connectivity index (χ4v) is 2.77. The lowest BCUT2D eigenvalue weighted by atomic mass is 10.3. The van der Waals surface area contributed by atoms with Crippen LogP contribution in [0.4, 0.5) is 16.3 Å². The molecule has 0 unspecified atom stereocenters. The summed E-state index contributed by atoms with van der Waals surface area (Å²) in [6.45, 7) is 2.58. The number of nitrogens with zero attached hydrogens (tertiary/aromatic N) is 2. The molecule has 0 aliphatic carbocycles. The first-order valence-corrected chi connectivity index (χ1v) is 8.09. The molecule has 0 radical (unpaired) electrons. The number of hydrogen-bond donors (Lipinski definition) is 2. The van der Waals surface area contributed by atoms with Crippen LogP contribution >= 0.6 is 11.6 Å². The van der Waals surface area contributed by atoms with Crippen molar-refractivity contribution in [3.63, 3.8) is 0 Å². The smallest absolute Gasteiger partial charge is 0.319 e. The summed E-state index contributed by atoms with van der Waals surface area (Å²) in [7, 11) is 0. The van der Waals surface area contributed by atoms with Crippen molar-refractivity contribution in [1.82, 2.24) is 10.3 Å². The van der Waals surface area contributed by atoms with Gasteiger partial charge in [-0.2, -0.15) is 0 Å². The topological polar surface area (TPSA) is 57.3 Å². The predicted octanol–water partition coefficient (Wildman–Crippen LogP) is 3.66. The molecule has 0 atom stereocenters. The van der Waals surface area contributed by atoms with Crippen LogP contribution in [0.25, 0.3) is 0 Å². The second kappa shape index (κ2) is 7.33. The standard InChI is InChI=1S/C17H19ClN4O/c18-14-4-3-5-15(10-14)21-17(23)20-12-13-6-7-16(19-11-13)22-8-1-2-9-22/h3-7,10-11H,1-2,8-9,12H2,(H2,20,21,23). The lowest BCUT2D eigenvalue weighted by Gasteiger charge is -2.16. The molecule has 3 rings (SSSR count). The maximum absolute atomic E-state index is 11.9. The highest BCUT2D eigenvalue weighted by atomic mass is 35.5. The van der Waals surface area contributed by atoms with Crippen LogP contribution in [-0.2, 0) is 6.54 Å². The molecule has 0 spiro atoms. The highest BCUT2D eigenvalue weighted by Gasteiger charge is 2.13. The van der Waals surface area contributed by atoms with Gasteiger partial charge < -0.3 is 15.5 Å². The fraction of sp³-hybridized carbons (Fsp3) is 0.294. The van der Waals surface area contributed by atoms with Crippen molar-refractivity contribution in [2.75, 3.05) is 23.3 Å². The summed E-state index contributed by atoms with van der Waals surface area (Å²) in [5.74, 6) is 1.01. The third-order valence-electron chi connectivity index (χ3n) is 3.77. The number of carbonyl (C=O) groups excluding carboxylic acids is 1. The average Bonchev–Trinajstić information content (AvgIpc) is 3.08. The summed E-state index contributed by atoms with van der Waals surface area (Å²) in [6, 6.07) is 10.8. The Labute approximate surface area is 140 Å². The van der Waals surface area contributed by atoms with E-state index in [1.165, 1.54) is 12.8 Å². The molecule has 5 nitrogen and oxygen atoms in total. The largest absolute Gasteiger partial charge is 0.357 e. The van der Waals surface area contributed by atoms with E-state index < -0.39 is 0 Å². The van der Waals surface area contributed by atoms with Crippen LogP contribution in [0.5, 0.6) is 0 Å². The Balaban J connectivity index is 1.50. The van der Waals surface area contributed by atoms with E-state index in [9.17, 15) is 4.79 Å². The first kappa shape index (κ1) is 15.6. The average molecular weight is 331 g/mol. The van der Waals surface area contributed by atoms with Crippen LogP contribution in [0, 0.1) is 0 Å². The molecule has 2 amide bonds. The minimum atomic E-state index is -0.268. The van der Waals surface area contributed by atoms with Crippen LogP contribution in [0.3, 0.4) is 0 Å². The first-order chi connectivity index (χ1) is 11.2. The van der Waals surface area contributed by atoms with Gasteiger partial charge in [-0.15, -0.1) is 0 Å². The fourth-order valence-electron chi connectivity index (χ4n) is 2.58. The number of aromatic nitrogens is 1. The molecule has 2 heterocycles. The number of carbonyl (C=O) groups is 1. The van der Waals surface area contributed by atoms with E-state index in [1.54, 1.807) is 24.3 Å². The molecule has 0 saturated carbocycles. The second-order valence-electron chi connectivity index (χ2n) is 5.54. The van der Waals surface area contributed by atoms with Crippen molar-refractivity contribution in [3.8, 4) is 0 Å². The van der Waals surface area contributed by atoms with Crippen molar-refractivity contribution < 1.29 is 4.79 Å². The van der Waals surface area contributed by atoms with E-state index >= 15 is 0 Å². The maximum atomic E-state index is 11.9. The molecule has 1 aliphatic heterocycles. The molecule has 1 fully saturated rings. The van der Waals surface area contributed by atoms with Gasteiger partial charge in [0.25, 0.3) is 0 Å². The third-order valence-corrected chi connectivity index (χ3v) is 4.01. The first-order valence-electron chi connectivity index (χ1n) is 7.71. The van der Waals surface area contributed by atoms with Gasteiger partial charge in [-0.3, -0.25) is 0 Å². The number of hydrogen-bond acceptors (Lipinski definition) is 3. The molecule has 1 aromatic heterocycles. The Bertz CT molecular complexity index is 669. The van der Waals surface area contributed by atoms with Gasteiger partial charge in [0.1, 0.15) is 5.82 Å². The number of pyridine rings is 1. The lowest BCUT2D eigenvalue weighted by molar-refractivity contribution is 0.251. The molecular formula is C17H19ClN4O. The SMILES string of the molecule is O=C(NCc1ccc(N2CCCC2)nc1)Nc1cccc(Cl)c1. The van der Waals surface area contributed by atoms with Crippen LogP contribution in [0.15, 0.2) is 42.6 Å². The van der Waals surface area contributed by atoms with E-state index in [4.69, 9.17) is 11.6 Å². The highest BCUT2D eigenvalue weighted by Crippen LogP contribution is 2.17. The third kappa shape index (κ3) is 4.36. The lowest BCUT2D eigenvalue weighted by Crippen LogP contribution is -2.28. The van der Waals surface area contributed by atoms with Crippen LogP contribution in [0.1, 0.15) is 18.4 Å². The number of nitrogens with one attached hydrogen (secondary N) is 2. The summed E-state index contributed by atoms with van der Waals surface area (Å²) in [5.41, 5.74) is 1.63. The summed E-state index contributed by atoms with van der Waals surface area (Å²) in [4.78, 5) is 18.6. The predicted molar refractivity (Wildman–Crippen MR) is 93.0 cm³/mol. The van der Waals surface area contributed by atoms with E-state index in [0.717, 1.165) is 24.5 Å². The van der Waals surface area contributed by atoms with Gasteiger partial charge in [0, 0.05) is 36.5 Å². The van der Waals surface area contributed by atoms with Gasteiger partial charge >= 0.3 is 6.03 Å². The van der Waals surface area contributed by atoms with E-state index in [1.807, 2.05) is 18.3 Å². The van der Waals surface area contributed by atoms with E-state index in [0.29, 0.717) is 17.3 Å². The molecule has 23 heavy (non-hydrogen) atoms. The Morgan fingerprint density at radius 2 is 2.04 bits per heavy atom. The van der Waals surface area contributed by atoms with Gasteiger partial charge in [-0.25, -0.2) is 9.78 Å². The second-order valence-corrected chi connectivity index (χ2v) is 5.97. The van der Waals surface area contributed by atoms with E-state index in [2.05, 4.69) is 20.5 Å². The normalized spacial score (nSPS) is 13.9. The quantitative estimate of drug-likeness (QED) is 0.899. The number of urea groups is 1. The molecule has 2 aromatic rings. The van der Waals surface area contributed by atoms with Crippen LogP contribution in [0.2, 0.25) is 5.02 Å². The van der Waals surface area contributed by atoms with Crippen molar-refractivity contribution in [2.45, 2.75) is 19.4 Å². The molecule has 1 saturated heterocycles. The monoisotopic (exact) mass is 330 g/mol. The number of amides is 2. The molecule has 1 aromatic carbocycles. The highest BCUT2D eigenvalue weighted by molar-refractivity contribution is 6.30. The minimum Gasteiger partial charge on any atom is -0.357 e. The molecule has 0 bridgehead atoms. The van der Waals surface area contributed by atoms with Gasteiger partial charge in [-0.05, 0) is 42.7 Å². The van der Waals surface area contributed by atoms with Crippen molar-refractivity contribution in [2.24, 2.45) is 0 Å². The van der Waals surface area contributed by atoms with Crippen molar-refractivity contribution in [1.29, 1.82) is 0 Å². The Hall–Kier alpha value is -2.27. The maximum Gasteiger partial charge on any atom is 0.319 e. The Morgan fingerprint density at radius 3 is 2.74 bits per heavy atom. The van der Waals surface area contributed by atoms with Gasteiger partial charge in [-0.1, -0.05) is 23.7 Å². The van der Waals surface area contributed by atoms with E-state index in [-0.39, 0.29) is 6.03 Å². The Morgan fingerprint density at radius 1 is 1.22 bits per heavy atom. The number of benzene rings is 1. The summed E-state index contributed by atoms with van der Waals surface area (Å²) < 4.78 is 0.